The van der Waals surface area contributed by atoms with Crippen LogP contribution >= 0.6 is 558 Å². The fourth-order valence-corrected chi connectivity index (χ4v) is 42.8. The van der Waals surface area contributed by atoms with Gasteiger partial charge >= 0.3 is 0 Å². The second-order valence-electron chi connectivity index (χ2n) is 10.2. The van der Waals surface area contributed by atoms with Crippen LogP contribution in [0, 0.1) is 0 Å². The molecule has 1 fully saturated rings. The summed E-state index contributed by atoms with van der Waals surface area (Å²) in [6, 6.07) is 0. The summed E-state index contributed by atoms with van der Waals surface area (Å²) in [6.45, 7) is 0. The summed E-state index contributed by atoms with van der Waals surface area (Å²) in [5.41, 5.74) is 0. The van der Waals surface area contributed by atoms with Crippen molar-refractivity contribution in [1.29, 1.82) is 0 Å². The summed E-state index contributed by atoms with van der Waals surface area (Å²) in [7, 11) is 0. The molecule has 0 spiro atoms. The predicted octanol–water partition coefficient (Wildman–Crippen LogP) is 26.0. The molecule has 0 aromatic rings. The molecule has 0 aromatic carbocycles. The normalized spacial score (nSPS) is 33.8. The molecule has 0 N–H and O–H groups in total. The Hall–Kier alpha value is 16.8. The van der Waals surface area contributed by atoms with Gasteiger partial charge in [-0.15, -0.1) is 0 Å². The molecular weight excluding hydrogens is 3010 g/mol. The molecule has 1 rings (SSSR count). The van der Waals surface area contributed by atoms with Crippen molar-refractivity contribution in [3.63, 3.8) is 0 Å². The Morgan fingerprint density at radius 3 is 0.321 bits per heavy atom. The molecule has 1 saturated carbocycles. The summed E-state index contributed by atoms with van der Waals surface area (Å²) >= 11 is 141. The highest BCUT2D eigenvalue weighted by molar-refractivity contribution is 9.40. The van der Waals surface area contributed by atoms with Crippen molar-refractivity contribution in [2.24, 2.45) is 0 Å². The molecule has 318 valence electrons. The van der Waals surface area contributed by atoms with Gasteiger partial charge in [0.05, 0.1) is 4.83 Å². The standard InChI is InChI=1S/C18HBr35/c19-1-2(20,21)4(24,25)6(28,29)8(32,33)10(36,37)12(40,41)14(44,45)16(48,49)18(52,53)17(50,51)15(46,47)13(42,43)11(38,39)9(34,35)7(30,31)5(26,27)3(1,22)23/h1H. The Bertz CT molecular complexity index is 1290. The fourth-order valence-electron chi connectivity index (χ4n) is 3.53. The smallest absolute Gasteiger partial charge is 0.0839 e. The Morgan fingerprint density at radius 2 is 0.226 bits per heavy atom. The highest BCUT2D eigenvalue weighted by Crippen LogP contribution is 2.84. The Morgan fingerprint density at radius 1 is 0.151 bits per heavy atom. The van der Waals surface area contributed by atoms with Crippen molar-refractivity contribution in [2.75, 3.05) is 0 Å². The van der Waals surface area contributed by atoms with Gasteiger partial charge in [-0.1, -0.05) is 558 Å². The van der Waals surface area contributed by atoms with E-state index in [0.717, 1.165) is 0 Å². The van der Waals surface area contributed by atoms with Gasteiger partial charge in [0, 0.05) is 0 Å². The maximum absolute atomic E-state index is 4.04. The van der Waals surface area contributed by atoms with Gasteiger partial charge in [-0.2, -0.15) is 0 Å². The van der Waals surface area contributed by atoms with Gasteiger partial charge in [0.25, 0.3) is 0 Å². The third-order valence-electron chi connectivity index (χ3n) is 6.99. The van der Waals surface area contributed by atoms with E-state index in [1.165, 1.54) is 0 Å². The zero-order valence-corrected chi connectivity index (χ0v) is 77.8. The van der Waals surface area contributed by atoms with Gasteiger partial charge < -0.3 is 0 Å². The van der Waals surface area contributed by atoms with E-state index in [1.807, 2.05) is 0 Å². The van der Waals surface area contributed by atoms with Crippen LogP contribution in [0.5, 0.6) is 0 Å². The number of rotatable bonds is 0. The molecule has 0 heterocycles. The topological polar surface area (TPSA) is 0 Å². The number of hydrogen-bond acceptors (Lipinski definition) is 0. The van der Waals surface area contributed by atoms with E-state index in [-0.39, 0.29) is 0 Å². The van der Waals surface area contributed by atoms with Gasteiger partial charge in [-0.3, -0.25) is 0 Å². The van der Waals surface area contributed by atoms with Crippen molar-refractivity contribution in [3.05, 3.63) is 0 Å². The van der Waals surface area contributed by atoms with E-state index >= 15 is 0 Å². The largest absolute Gasteiger partial charge is 0.135 e. The van der Waals surface area contributed by atoms with E-state index < -0.39 is 59.8 Å². The molecule has 0 aliphatic heterocycles. The van der Waals surface area contributed by atoms with E-state index in [4.69, 9.17) is 0 Å². The van der Waals surface area contributed by atoms with Crippen molar-refractivity contribution in [3.8, 4) is 0 Å². The first-order valence-electron chi connectivity index (χ1n) is 11.2. The van der Waals surface area contributed by atoms with Gasteiger partial charge in [0.15, 0.2) is 0 Å². The molecule has 0 amide bonds. The first-order valence-corrected chi connectivity index (χ1v) is 39.1. The maximum atomic E-state index is 4.04. The molecule has 1 aliphatic rings. The lowest BCUT2D eigenvalue weighted by Crippen LogP contribution is -2.75. The Labute approximate surface area is 601 Å². The summed E-state index contributed by atoms with van der Waals surface area (Å²) in [5.74, 6) is 0. The van der Waals surface area contributed by atoms with Gasteiger partial charge in [-0.25, -0.2) is 0 Å². The third kappa shape index (κ3) is 10.3. The number of alkyl halides is 35. The van der Waals surface area contributed by atoms with Crippen LogP contribution in [0.25, 0.3) is 0 Å². The zero-order valence-electron chi connectivity index (χ0n) is 22.3. The minimum absolute atomic E-state index is 0.652. The van der Waals surface area contributed by atoms with Crippen LogP contribution in [-0.4, -0.2) is 59.8 Å². The highest BCUT2D eigenvalue weighted by Gasteiger charge is 2.85. The average Bonchev–Trinajstić information content (AvgIpc) is 2.94. The molecule has 0 atom stereocenters. The summed E-state index contributed by atoms with van der Waals surface area (Å²) in [6.07, 6.45) is 0. The van der Waals surface area contributed by atoms with E-state index in [2.05, 4.69) is 558 Å². The van der Waals surface area contributed by atoms with Crippen molar-refractivity contribution in [2.45, 2.75) is 59.8 Å². The lowest BCUT2D eigenvalue weighted by Gasteiger charge is -2.63. The average molecular weight is 3010 g/mol. The lowest BCUT2D eigenvalue weighted by atomic mass is 9.98. The molecule has 0 saturated heterocycles. The van der Waals surface area contributed by atoms with Gasteiger partial charge in [0.1, 0.15) is 55.0 Å². The SMILES string of the molecule is BrC1C(Br)(Br)C(Br)(Br)C(Br)(Br)C(Br)(Br)C(Br)(Br)C(Br)(Br)C(Br)(Br)C(Br)(Br)C(Br)(Br)C(Br)(Br)C(Br)(Br)C(Br)(Br)C(Br)(Br)C(Br)(Br)C(Br)(Br)C(Br)(Br)C1(Br)Br. The van der Waals surface area contributed by atoms with E-state index in [9.17, 15) is 0 Å². The van der Waals surface area contributed by atoms with Gasteiger partial charge in [-0.05, 0) is 0 Å². The predicted molar refractivity (Wildman–Crippen MR) is 363 cm³/mol. The quantitative estimate of drug-likeness (QED) is 0.212. The fraction of sp³-hybridized carbons (Fsp3) is 1.00. The van der Waals surface area contributed by atoms with Crippen molar-refractivity contribution < 1.29 is 0 Å². The minimum atomic E-state index is -1.31. The molecule has 1 aliphatic carbocycles. The number of hydrogen-bond donors (Lipinski definition) is 0. The van der Waals surface area contributed by atoms with Crippen LogP contribution in [0.1, 0.15) is 0 Å². The van der Waals surface area contributed by atoms with Crippen LogP contribution in [0.3, 0.4) is 0 Å². The van der Waals surface area contributed by atoms with Crippen molar-refractivity contribution in [1.82, 2.24) is 0 Å². The van der Waals surface area contributed by atoms with Crippen LogP contribution in [0.2, 0.25) is 0 Å². The lowest BCUT2D eigenvalue weighted by molar-refractivity contribution is 0.501. The molecule has 0 aromatic heterocycles. The monoisotopic (exact) mass is 2980 g/mol. The van der Waals surface area contributed by atoms with Crippen LogP contribution in [-0.2, 0) is 0 Å². The van der Waals surface area contributed by atoms with E-state index in [1.54, 1.807) is 0 Å². The van der Waals surface area contributed by atoms with Gasteiger partial charge in [0.2, 0.25) is 0 Å². The molecule has 0 radical (unpaired) electrons. The van der Waals surface area contributed by atoms with Crippen LogP contribution in [0.15, 0.2) is 0 Å². The second kappa shape index (κ2) is 21.3. The van der Waals surface area contributed by atoms with E-state index in [0.29, 0.717) is 0 Å². The Balaban J connectivity index is 4.86. The molecule has 0 unspecified atom stereocenters. The number of halogens is 35. The van der Waals surface area contributed by atoms with Crippen molar-refractivity contribution >= 4 is 558 Å². The zero-order chi connectivity index (χ0) is 44.1. The highest BCUT2D eigenvalue weighted by atomic mass is 80.0. The minimum Gasteiger partial charge on any atom is -0.0839 e. The molecular formula is C18HBr35. The molecule has 35 heteroatoms. The first kappa shape index (κ1) is 67.8. The second-order valence-corrected chi connectivity index (χ2v) is 69.9. The first-order chi connectivity index (χ1) is 22.2. The summed E-state index contributed by atoms with van der Waals surface area (Å²) in [4.78, 5) is -0.652. The summed E-state index contributed by atoms with van der Waals surface area (Å²) < 4.78 is -21.7. The van der Waals surface area contributed by atoms with Crippen LogP contribution in [0.4, 0.5) is 0 Å². The third-order valence-corrected chi connectivity index (χ3v) is 84.9. The summed E-state index contributed by atoms with van der Waals surface area (Å²) in [5, 5.41) is 0. The molecule has 0 bridgehead atoms. The molecule has 0 nitrogen and oxygen atoms in total. The molecule has 53 heavy (non-hydrogen) atoms. The maximum Gasteiger partial charge on any atom is 0.135 e. The van der Waals surface area contributed by atoms with Crippen LogP contribution < -0.4 is 0 Å². The Kier molecular flexibility index (Phi) is 27.3.